The van der Waals surface area contributed by atoms with Crippen molar-refractivity contribution < 1.29 is 23.6 Å². The summed E-state index contributed by atoms with van der Waals surface area (Å²) in [5, 5.41) is 6.08. The van der Waals surface area contributed by atoms with Crippen molar-refractivity contribution in [3.05, 3.63) is 41.7 Å². The summed E-state index contributed by atoms with van der Waals surface area (Å²) >= 11 is 0. The summed E-state index contributed by atoms with van der Waals surface area (Å²) in [5.74, 6) is 0.716. The van der Waals surface area contributed by atoms with Gasteiger partial charge < -0.3 is 19.3 Å². The van der Waals surface area contributed by atoms with Crippen LogP contribution in [-0.2, 0) is 14.3 Å². The largest absolute Gasteiger partial charge is 0.494 e. The van der Waals surface area contributed by atoms with Crippen LogP contribution in [0, 0.1) is 13.8 Å². The highest BCUT2D eigenvalue weighted by Gasteiger charge is 2.10. The van der Waals surface area contributed by atoms with Gasteiger partial charge in [0.2, 0.25) is 0 Å². The van der Waals surface area contributed by atoms with Gasteiger partial charge in [-0.1, -0.05) is 22.9 Å². The van der Waals surface area contributed by atoms with E-state index in [1.165, 1.54) is 0 Å². The summed E-state index contributed by atoms with van der Waals surface area (Å²) in [7, 11) is 0. The Kier molecular flexibility index (Phi) is 6.36. The van der Waals surface area contributed by atoms with Crippen LogP contribution in [-0.4, -0.2) is 30.2 Å². The van der Waals surface area contributed by atoms with Crippen molar-refractivity contribution in [2.45, 2.75) is 26.7 Å². The molecule has 128 valence electrons. The maximum Gasteiger partial charge on any atom is 0.306 e. The van der Waals surface area contributed by atoms with Gasteiger partial charge in [-0.3, -0.25) is 9.59 Å². The molecule has 1 amide bonds. The van der Waals surface area contributed by atoms with Gasteiger partial charge >= 0.3 is 5.97 Å². The summed E-state index contributed by atoms with van der Waals surface area (Å²) < 4.78 is 15.2. The number of aryl methyl sites for hydroxylation is 2. The number of amides is 1. The number of rotatable bonds is 8. The number of esters is 1. The second kappa shape index (κ2) is 8.71. The van der Waals surface area contributed by atoms with E-state index in [0.717, 1.165) is 11.3 Å². The highest BCUT2D eigenvalue weighted by Crippen LogP contribution is 2.12. The van der Waals surface area contributed by atoms with Gasteiger partial charge in [0.05, 0.1) is 6.61 Å². The monoisotopic (exact) mass is 332 g/mol. The third kappa shape index (κ3) is 6.12. The van der Waals surface area contributed by atoms with E-state index in [0.29, 0.717) is 24.6 Å². The number of benzene rings is 1. The number of ether oxygens (including phenoxy) is 2. The van der Waals surface area contributed by atoms with Gasteiger partial charge in [0, 0.05) is 12.5 Å². The van der Waals surface area contributed by atoms with E-state index in [1.807, 2.05) is 31.2 Å². The lowest BCUT2D eigenvalue weighted by Crippen LogP contribution is -2.21. The smallest absolute Gasteiger partial charge is 0.306 e. The number of aromatic nitrogens is 1. The zero-order chi connectivity index (χ0) is 17.4. The first-order valence-electron chi connectivity index (χ1n) is 7.61. The zero-order valence-electron chi connectivity index (χ0n) is 13.7. The molecule has 7 nitrogen and oxygen atoms in total. The van der Waals surface area contributed by atoms with Crippen molar-refractivity contribution in [2.24, 2.45) is 0 Å². The second-order valence-electron chi connectivity index (χ2n) is 5.30. The van der Waals surface area contributed by atoms with Crippen LogP contribution >= 0.6 is 0 Å². The van der Waals surface area contributed by atoms with E-state index in [4.69, 9.17) is 14.0 Å². The Labute approximate surface area is 139 Å². The average Bonchev–Trinajstić information content (AvgIpc) is 2.96. The third-order valence-electron chi connectivity index (χ3n) is 3.07. The van der Waals surface area contributed by atoms with Crippen molar-refractivity contribution in [3.8, 4) is 5.75 Å². The first-order valence-corrected chi connectivity index (χ1v) is 7.61. The van der Waals surface area contributed by atoms with Crippen molar-refractivity contribution in [1.82, 2.24) is 5.16 Å². The molecule has 2 aromatic rings. The summed E-state index contributed by atoms with van der Waals surface area (Å²) in [6.07, 6.45) is 0.693. The molecule has 0 bridgehead atoms. The third-order valence-corrected chi connectivity index (χ3v) is 3.07. The van der Waals surface area contributed by atoms with Gasteiger partial charge in [0.1, 0.15) is 11.5 Å². The number of nitrogens with one attached hydrogen (secondary N) is 1. The molecule has 1 heterocycles. The first kappa shape index (κ1) is 17.5. The van der Waals surface area contributed by atoms with Crippen LogP contribution in [0.3, 0.4) is 0 Å². The molecule has 7 heteroatoms. The van der Waals surface area contributed by atoms with E-state index in [2.05, 4.69) is 10.5 Å². The van der Waals surface area contributed by atoms with Gasteiger partial charge in [0.25, 0.3) is 5.91 Å². The van der Waals surface area contributed by atoms with E-state index in [-0.39, 0.29) is 13.0 Å². The van der Waals surface area contributed by atoms with Gasteiger partial charge in [-0.2, -0.15) is 0 Å². The minimum absolute atomic E-state index is 0.183. The molecule has 1 N–H and O–H groups in total. The van der Waals surface area contributed by atoms with Crippen molar-refractivity contribution >= 4 is 17.7 Å². The van der Waals surface area contributed by atoms with Crippen LogP contribution in [0.1, 0.15) is 24.2 Å². The lowest BCUT2D eigenvalue weighted by Gasteiger charge is -2.07. The Hall–Kier alpha value is -2.83. The van der Waals surface area contributed by atoms with E-state index < -0.39 is 11.9 Å². The molecule has 0 aliphatic carbocycles. The molecule has 0 atom stereocenters. The lowest BCUT2D eigenvalue weighted by atomic mass is 10.2. The van der Waals surface area contributed by atoms with E-state index >= 15 is 0 Å². The standard InChI is InChI=1S/C17H20N2O5/c1-12-5-7-14(8-6-12)22-9-3-4-17(21)23-11-16(20)18-15-10-13(2)24-19-15/h5-8,10H,3-4,9,11H2,1-2H3,(H,18,19,20). The predicted molar refractivity (Wildman–Crippen MR) is 86.7 cm³/mol. The summed E-state index contributed by atoms with van der Waals surface area (Å²) in [6.45, 7) is 3.76. The second-order valence-corrected chi connectivity index (χ2v) is 5.30. The number of hydrogen-bond acceptors (Lipinski definition) is 6. The van der Waals surface area contributed by atoms with E-state index in [9.17, 15) is 9.59 Å². The van der Waals surface area contributed by atoms with Gasteiger partial charge in [0.15, 0.2) is 12.4 Å². The minimum Gasteiger partial charge on any atom is -0.494 e. The Morgan fingerprint density at radius 1 is 1.21 bits per heavy atom. The van der Waals surface area contributed by atoms with Crippen LogP contribution in [0.25, 0.3) is 0 Å². The van der Waals surface area contributed by atoms with E-state index in [1.54, 1.807) is 13.0 Å². The Balaban J connectivity index is 1.57. The van der Waals surface area contributed by atoms with Gasteiger partial charge in [-0.25, -0.2) is 0 Å². The van der Waals surface area contributed by atoms with Gasteiger partial charge in [-0.05, 0) is 32.4 Å². The molecule has 0 radical (unpaired) electrons. The first-order chi connectivity index (χ1) is 11.5. The normalized spacial score (nSPS) is 10.2. The molecule has 0 aliphatic heterocycles. The summed E-state index contributed by atoms with van der Waals surface area (Å²) in [6, 6.07) is 9.24. The number of carbonyl (C=O) groups excluding carboxylic acids is 2. The molecule has 1 aromatic carbocycles. The molecule has 1 aromatic heterocycles. The van der Waals surface area contributed by atoms with Crippen LogP contribution < -0.4 is 10.1 Å². The van der Waals surface area contributed by atoms with Crippen LogP contribution in [0.5, 0.6) is 5.75 Å². The average molecular weight is 332 g/mol. The molecule has 0 unspecified atom stereocenters. The lowest BCUT2D eigenvalue weighted by molar-refractivity contribution is -0.147. The highest BCUT2D eigenvalue weighted by molar-refractivity contribution is 5.91. The fourth-order valence-electron chi connectivity index (χ4n) is 1.86. The molecular weight excluding hydrogens is 312 g/mol. The minimum atomic E-state index is -0.465. The number of anilines is 1. The molecule has 0 aliphatic rings. The Bertz CT molecular complexity index is 679. The SMILES string of the molecule is Cc1ccc(OCCCC(=O)OCC(=O)Nc2cc(C)on2)cc1. The molecule has 2 rings (SSSR count). The van der Waals surface area contributed by atoms with Crippen LogP contribution in [0.15, 0.2) is 34.9 Å². The summed E-state index contributed by atoms with van der Waals surface area (Å²) in [5.41, 5.74) is 1.16. The summed E-state index contributed by atoms with van der Waals surface area (Å²) in [4.78, 5) is 23.1. The molecule has 0 saturated carbocycles. The van der Waals surface area contributed by atoms with Crippen LogP contribution in [0.4, 0.5) is 5.82 Å². The highest BCUT2D eigenvalue weighted by atomic mass is 16.5. The maximum atomic E-state index is 11.6. The molecule has 0 spiro atoms. The van der Waals surface area contributed by atoms with Crippen molar-refractivity contribution in [2.75, 3.05) is 18.5 Å². The van der Waals surface area contributed by atoms with Crippen molar-refractivity contribution in [1.29, 1.82) is 0 Å². The zero-order valence-corrected chi connectivity index (χ0v) is 13.7. The molecule has 0 fully saturated rings. The van der Waals surface area contributed by atoms with Gasteiger partial charge in [-0.15, -0.1) is 0 Å². The Morgan fingerprint density at radius 3 is 2.62 bits per heavy atom. The molecular formula is C17H20N2O5. The van der Waals surface area contributed by atoms with Crippen molar-refractivity contribution in [3.63, 3.8) is 0 Å². The number of nitrogens with zero attached hydrogens (tertiary/aromatic N) is 1. The van der Waals surface area contributed by atoms with Crippen LogP contribution in [0.2, 0.25) is 0 Å². The fourth-order valence-corrected chi connectivity index (χ4v) is 1.86. The number of hydrogen-bond donors (Lipinski definition) is 1. The molecule has 24 heavy (non-hydrogen) atoms. The maximum absolute atomic E-state index is 11.6. The quantitative estimate of drug-likeness (QED) is 0.590. The number of carbonyl (C=O) groups is 2. The molecule has 0 saturated heterocycles. The topological polar surface area (TPSA) is 90.7 Å². The fraction of sp³-hybridized carbons (Fsp3) is 0.353. The Morgan fingerprint density at radius 2 is 1.96 bits per heavy atom. The predicted octanol–water partition coefficient (Wildman–Crippen LogP) is 2.63.